The number of hydrogen-bond donors (Lipinski definition) is 1. The Labute approximate surface area is 152 Å². The number of hydrogen-bond acceptors (Lipinski definition) is 4. The summed E-state index contributed by atoms with van der Waals surface area (Å²) in [5.74, 6) is 1.01. The molecule has 1 N–H and O–H groups in total. The minimum Gasteiger partial charge on any atom is -0.368 e. The van der Waals surface area contributed by atoms with E-state index < -0.39 is 0 Å². The van der Waals surface area contributed by atoms with E-state index in [-0.39, 0.29) is 0 Å². The molecule has 2 aromatic heterocycles. The van der Waals surface area contributed by atoms with Crippen LogP contribution in [0.15, 0.2) is 54.9 Å². The summed E-state index contributed by atoms with van der Waals surface area (Å²) in [6, 6.07) is 17.1. The van der Waals surface area contributed by atoms with Crippen molar-refractivity contribution in [1.82, 2.24) is 15.0 Å². The molecule has 0 atom stereocenters. The molecule has 130 valence electrons. The second-order valence-electron chi connectivity index (χ2n) is 6.90. The highest BCUT2D eigenvalue weighted by atomic mass is 15.3. The Morgan fingerprint density at radius 1 is 0.846 bits per heavy atom. The van der Waals surface area contributed by atoms with Crippen molar-refractivity contribution >= 4 is 33.4 Å². The average molecular weight is 343 g/mol. The minimum absolute atomic E-state index is 0.954. The lowest BCUT2D eigenvalue weighted by molar-refractivity contribution is 0.648. The van der Waals surface area contributed by atoms with E-state index in [1.807, 2.05) is 6.07 Å². The maximum Gasteiger partial charge on any atom is 0.156 e. The van der Waals surface area contributed by atoms with Gasteiger partial charge in [-0.1, -0.05) is 35.9 Å². The third kappa shape index (κ3) is 2.47. The molecule has 26 heavy (non-hydrogen) atoms. The van der Waals surface area contributed by atoms with Gasteiger partial charge in [0.25, 0.3) is 0 Å². The monoisotopic (exact) mass is 343 g/mol. The number of anilines is 2. The molecule has 2 aromatic carbocycles. The lowest BCUT2D eigenvalue weighted by atomic mass is 10.2. The van der Waals surface area contributed by atoms with E-state index in [0.717, 1.165) is 53.9 Å². The molecule has 0 unspecified atom stereocenters. The van der Waals surface area contributed by atoms with Crippen LogP contribution in [0.2, 0.25) is 0 Å². The maximum absolute atomic E-state index is 4.60. The number of aromatic nitrogens is 3. The summed E-state index contributed by atoms with van der Waals surface area (Å²) in [6.07, 6.45) is 1.68. The van der Waals surface area contributed by atoms with Gasteiger partial charge < -0.3 is 14.8 Å². The van der Waals surface area contributed by atoms with Crippen molar-refractivity contribution in [1.29, 1.82) is 0 Å². The molecule has 1 aliphatic rings. The highest BCUT2D eigenvalue weighted by Gasteiger charge is 2.21. The highest BCUT2D eigenvalue weighted by molar-refractivity contribution is 6.08. The van der Waals surface area contributed by atoms with Gasteiger partial charge in [0.2, 0.25) is 0 Å². The van der Waals surface area contributed by atoms with Gasteiger partial charge in [-0.2, -0.15) is 0 Å². The largest absolute Gasteiger partial charge is 0.368 e. The number of rotatable bonds is 2. The molecule has 0 aliphatic carbocycles. The van der Waals surface area contributed by atoms with Crippen LogP contribution in [0, 0.1) is 6.92 Å². The normalized spacial score (nSPS) is 15.1. The van der Waals surface area contributed by atoms with E-state index in [2.05, 4.69) is 74.1 Å². The van der Waals surface area contributed by atoms with Crippen molar-refractivity contribution in [3.05, 3.63) is 60.4 Å². The molecule has 3 heterocycles. The zero-order valence-electron chi connectivity index (χ0n) is 14.8. The van der Waals surface area contributed by atoms with E-state index in [1.165, 1.54) is 11.3 Å². The van der Waals surface area contributed by atoms with Crippen molar-refractivity contribution in [2.45, 2.75) is 6.92 Å². The Hall–Kier alpha value is -3.08. The van der Waals surface area contributed by atoms with Crippen molar-refractivity contribution in [2.75, 3.05) is 36.0 Å². The number of H-pyrrole nitrogens is 1. The number of aryl methyl sites for hydroxylation is 1. The number of fused-ring (bicyclic) bond motifs is 3. The van der Waals surface area contributed by atoms with Crippen LogP contribution in [-0.4, -0.2) is 41.1 Å². The lowest BCUT2D eigenvalue weighted by Crippen LogP contribution is -2.46. The van der Waals surface area contributed by atoms with Crippen LogP contribution in [0.5, 0.6) is 0 Å². The van der Waals surface area contributed by atoms with Crippen LogP contribution in [-0.2, 0) is 0 Å². The number of para-hydroxylation sites is 1. The predicted molar refractivity (Wildman–Crippen MR) is 107 cm³/mol. The summed E-state index contributed by atoms with van der Waals surface area (Å²) < 4.78 is 0. The fraction of sp³-hybridized carbons (Fsp3) is 0.238. The number of nitrogens with one attached hydrogen (secondary N) is 1. The van der Waals surface area contributed by atoms with Crippen LogP contribution < -0.4 is 9.80 Å². The van der Waals surface area contributed by atoms with Gasteiger partial charge >= 0.3 is 0 Å². The second kappa shape index (κ2) is 6.02. The Morgan fingerprint density at radius 3 is 2.38 bits per heavy atom. The molecule has 1 saturated heterocycles. The summed E-state index contributed by atoms with van der Waals surface area (Å²) in [6.45, 7) is 6.02. The van der Waals surface area contributed by atoms with Gasteiger partial charge in [0.15, 0.2) is 5.82 Å². The molecule has 0 bridgehead atoms. The molecule has 0 radical (unpaired) electrons. The van der Waals surface area contributed by atoms with Gasteiger partial charge in [-0.3, -0.25) is 0 Å². The highest BCUT2D eigenvalue weighted by Crippen LogP contribution is 2.29. The van der Waals surface area contributed by atoms with Crippen LogP contribution in [0.25, 0.3) is 21.9 Å². The molecule has 5 heteroatoms. The Balaban J connectivity index is 1.44. The quantitative estimate of drug-likeness (QED) is 0.602. The maximum atomic E-state index is 4.60. The van der Waals surface area contributed by atoms with Gasteiger partial charge in [0, 0.05) is 42.8 Å². The van der Waals surface area contributed by atoms with E-state index in [1.54, 1.807) is 6.33 Å². The van der Waals surface area contributed by atoms with Crippen molar-refractivity contribution < 1.29 is 0 Å². The first-order chi connectivity index (χ1) is 12.8. The fourth-order valence-electron chi connectivity index (χ4n) is 3.80. The summed E-state index contributed by atoms with van der Waals surface area (Å²) in [5, 5.41) is 1.16. The minimum atomic E-state index is 0.954. The zero-order valence-corrected chi connectivity index (χ0v) is 14.8. The van der Waals surface area contributed by atoms with E-state index in [9.17, 15) is 0 Å². The van der Waals surface area contributed by atoms with Crippen molar-refractivity contribution in [3.63, 3.8) is 0 Å². The standard InChI is InChI=1S/C21H21N5/c1-15-6-8-16(9-7-15)25-10-12-26(13-11-25)21-20-19(22-14-23-21)17-4-2-3-5-18(17)24-20/h2-9,14,24H,10-13H2,1H3. The SMILES string of the molecule is Cc1ccc(N2CCN(c3ncnc4c3[nH]c3ccccc34)CC2)cc1. The van der Waals surface area contributed by atoms with E-state index in [0.29, 0.717) is 0 Å². The molecule has 4 aromatic rings. The topological polar surface area (TPSA) is 48.1 Å². The van der Waals surface area contributed by atoms with Gasteiger partial charge in [-0.15, -0.1) is 0 Å². The Kier molecular flexibility index (Phi) is 3.52. The van der Waals surface area contributed by atoms with Crippen molar-refractivity contribution in [3.8, 4) is 0 Å². The second-order valence-corrected chi connectivity index (χ2v) is 6.90. The van der Waals surface area contributed by atoms with Crippen molar-refractivity contribution in [2.24, 2.45) is 0 Å². The molecular formula is C21H21N5. The van der Waals surface area contributed by atoms with Crippen LogP contribution in [0.3, 0.4) is 0 Å². The Morgan fingerprint density at radius 2 is 1.58 bits per heavy atom. The molecule has 5 nitrogen and oxygen atoms in total. The molecule has 0 spiro atoms. The number of aromatic amines is 1. The summed E-state index contributed by atoms with van der Waals surface area (Å²) in [4.78, 5) is 17.4. The molecule has 1 fully saturated rings. The fourth-order valence-corrected chi connectivity index (χ4v) is 3.80. The third-order valence-electron chi connectivity index (χ3n) is 5.25. The smallest absolute Gasteiger partial charge is 0.156 e. The number of nitrogens with zero attached hydrogens (tertiary/aromatic N) is 4. The first kappa shape index (κ1) is 15.2. The molecule has 0 amide bonds. The summed E-state index contributed by atoms with van der Waals surface area (Å²) >= 11 is 0. The van der Waals surface area contributed by atoms with Crippen LogP contribution in [0.1, 0.15) is 5.56 Å². The number of piperazine rings is 1. The van der Waals surface area contributed by atoms with Gasteiger partial charge in [-0.05, 0) is 25.1 Å². The van der Waals surface area contributed by atoms with Crippen LogP contribution in [0.4, 0.5) is 11.5 Å². The van der Waals surface area contributed by atoms with Crippen LogP contribution >= 0.6 is 0 Å². The first-order valence-corrected chi connectivity index (χ1v) is 9.07. The molecular weight excluding hydrogens is 322 g/mol. The molecule has 1 aliphatic heterocycles. The lowest BCUT2D eigenvalue weighted by Gasteiger charge is -2.36. The first-order valence-electron chi connectivity index (χ1n) is 9.07. The summed E-state index contributed by atoms with van der Waals surface area (Å²) in [5.41, 5.74) is 5.76. The third-order valence-corrected chi connectivity index (χ3v) is 5.25. The average Bonchev–Trinajstić information content (AvgIpc) is 3.08. The van der Waals surface area contributed by atoms with E-state index >= 15 is 0 Å². The van der Waals surface area contributed by atoms with Gasteiger partial charge in [-0.25, -0.2) is 9.97 Å². The predicted octanol–water partition coefficient (Wildman–Crippen LogP) is 3.75. The Bertz CT molecular complexity index is 1060. The zero-order chi connectivity index (χ0) is 17.5. The molecule has 5 rings (SSSR count). The van der Waals surface area contributed by atoms with Gasteiger partial charge in [0.05, 0.1) is 0 Å². The van der Waals surface area contributed by atoms with Gasteiger partial charge in [0.1, 0.15) is 17.4 Å². The number of benzene rings is 2. The molecule has 0 saturated carbocycles. The summed E-state index contributed by atoms with van der Waals surface area (Å²) in [7, 11) is 0. The van der Waals surface area contributed by atoms with E-state index in [4.69, 9.17) is 0 Å².